The number of aromatic nitrogens is 6. The molecule has 0 spiro atoms. The molecule has 110 valence electrons. The molecule has 0 radical (unpaired) electrons. The Bertz CT molecular complexity index is 1160. The van der Waals surface area contributed by atoms with Crippen molar-refractivity contribution in [3.8, 4) is 0 Å². The first-order valence-electron chi connectivity index (χ1n) is 6.87. The predicted molar refractivity (Wildman–Crippen MR) is 89.8 cm³/mol. The van der Waals surface area contributed by atoms with E-state index >= 15 is 0 Å². The number of fused-ring (bicyclic) bond motifs is 4. The first kappa shape index (κ1) is 12.9. The lowest BCUT2D eigenvalue weighted by atomic mass is 10.3. The fourth-order valence-electron chi connectivity index (χ4n) is 2.41. The van der Waals surface area contributed by atoms with Gasteiger partial charge in [0.15, 0.2) is 5.65 Å². The molecule has 0 atom stereocenters. The van der Waals surface area contributed by atoms with Gasteiger partial charge in [0.2, 0.25) is 10.1 Å². The van der Waals surface area contributed by atoms with Crippen LogP contribution in [0.25, 0.3) is 26.3 Å². The first-order chi connectivity index (χ1) is 11.4. The van der Waals surface area contributed by atoms with E-state index in [1.54, 1.807) is 23.7 Å². The van der Waals surface area contributed by atoms with Gasteiger partial charge in [-0.15, -0.1) is 10.2 Å². The van der Waals surface area contributed by atoms with E-state index in [-0.39, 0.29) is 0 Å². The zero-order chi connectivity index (χ0) is 15.2. The highest BCUT2D eigenvalue weighted by atomic mass is 32.2. The average Bonchev–Trinajstić information content (AvgIpc) is 3.15. The molecule has 0 aliphatic carbocycles. The average molecular weight is 336 g/mol. The minimum atomic E-state index is 0.633. The summed E-state index contributed by atoms with van der Waals surface area (Å²) in [5, 5.41) is 10.2. The maximum Gasteiger partial charge on any atom is 0.217 e. The molecule has 4 aromatic heterocycles. The van der Waals surface area contributed by atoms with Crippen LogP contribution in [0.15, 0.2) is 59.0 Å². The van der Waals surface area contributed by atoms with Crippen molar-refractivity contribution in [2.75, 3.05) is 0 Å². The Morgan fingerprint density at radius 3 is 2.87 bits per heavy atom. The third-order valence-electron chi connectivity index (χ3n) is 3.41. The fourth-order valence-corrected chi connectivity index (χ4v) is 4.24. The predicted octanol–water partition coefficient (Wildman–Crippen LogP) is 3.43. The van der Waals surface area contributed by atoms with Crippen molar-refractivity contribution in [1.82, 2.24) is 29.5 Å². The van der Waals surface area contributed by atoms with E-state index < -0.39 is 0 Å². The summed E-state index contributed by atoms with van der Waals surface area (Å²) in [5.74, 6) is 0. The standard InChI is InChI=1S/C15H8N6S2/c1-2-4-11-10(3-1)21-14(22-11)19-20-15(21)23-12-6-5-9-13(18-12)17-8-7-16-9/h1-8H. The maximum atomic E-state index is 4.53. The number of hydrogen-bond acceptors (Lipinski definition) is 7. The Hall–Kier alpha value is -2.58. The third kappa shape index (κ3) is 2.07. The van der Waals surface area contributed by atoms with Crippen LogP contribution >= 0.6 is 23.1 Å². The van der Waals surface area contributed by atoms with Crippen LogP contribution in [-0.2, 0) is 0 Å². The van der Waals surface area contributed by atoms with Gasteiger partial charge in [0.25, 0.3) is 0 Å². The fraction of sp³-hybridized carbons (Fsp3) is 0. The van der Waals surface area contributed by atoms with Crippen molar-refractivity contribution in [3.63, 3.8) is 0 Å². The number of benzene rings is 1. The Labute approximate surface area is 138 Å². The Morgan fingerprint density at radius 1 is 0.957 bits per heavy atom. The minimum absolute atomic E-state index is 0.633. The highest BCUT2D eigenvalue weighted by Gasteiger charge is 2.14. The second kappa shape index (κ2) is 4.97. The normalized spacial score (nSPS) is 11.7. The molecule has 4 heterocycles. The lowest BCUT2D eigenvalue weighted by Gasteiger charge is -2.00. The van der Waals surface area contributed by atoms with Crippen LogP contribution in [0, 0.1) is 0 Å². The molecule has 1 aromatic carbocycles. The molecule has 0 unspecified atom stereocenters. The molecule has 0 N–H and O–H groups in total. The van der Waals surface area contributed by atoms with E-state index in [1.807, 2.05) is 24.3 Å². The molecule has 5 rings (SSSR count). The summed E-state index contributed by atoms with van der Waals surface area (Å²) >= 11 is 3.10. The van der Waals surface area contributed by atoms with Crippen LogP contribution in [0.5, 0.6) is 0 Å². The Kier molecular flexibility index (Phi) is 2.79. The smallest absolute Gasteiger partial charge is 0.217 e. The third-order valence-corrected chi connectivity index (χ3v) is 5.31. The van der Waals surface area contributed by atoms with Crippen LogP contribution in [-0.4, -0.2) is 29.5 Å². The number of hydrogen-bond donors (Lipinski definition) is 0. The maximum absolute atomic E-state index is 4.53. The van der Waals surface area contributed by atoms with Gasteiger partial charge in [0, 0.05) is 12.4 Å². The monoisotopic (exact) mass is 336 g/mol. The summed E-state index contributed by atoms with van der Waals surface area (Å²) in [4.78, 5) is 13.9. The SMILES string of the molecule is c1ccc2c(c1)sc1nnc(Sc3ccc4nccnc4n3)n12. The molecule has 0 aliphatic rings. The van der Waals surface area contributed by atoms with Gasteiger partial charge in [-0.1, -0.05) is 23.5 Å². The molecule has 5 aromatic rings. The molecule has 0 bridgehead atoms. The Morgan fingerprint density at radius 2 is 1.87 bits per heavy atom. The summed E-state index contributed by atoms with van der Waals surface area (Å²) in [6, 6.07) is 12.1. The van der Waals surface area contributed by atoms with E-state index in [1.165, 1.54) is 16.5 Å². The quantitative estimate of drug-likeness (QED) is 0.492. The Balaban J connectivity index is 1.64. The van der Waals surface area contributed by atoms with Gasteiger partial charge < -0.3 is 0 Å². The van der Waals surface area contributed by atoms with Crippen LogP contribution in [0.3, 0.4) is 0 Å². The number of para-hydroxylation sites is 1. The highest BCUT2D eigenvalue weighted by Crippen LogP contribution is 2.32. The van der Waals surface area contributed by atoms with Crippen molar-refractivity contribution < 1.29 is 0 Å². The van der Waals surface area contributed by atoms with Gasteiger partial charge in [-0.3, -0.25) is 9.38 Å². The zero-order valence-corrected chi connectivity index (χ0v) is 13.3. The van der Waals surface area contributed by atoms with Crippen molar-refractivity contribution in [3.05, 3.63) is 48.8 Å². The van der Waals surface area contributed by atoms with Crippen molar-refractivity contribution in [2.24, 2.45) is 0 Å². The van der Waals surface area contributed by atoms with Gasteiger partial charge in [0.1, 0.15) is 10.5 Å². The van der Waals surface area contributed by atoms with Gasteiger partial charge in [-0.25, -0.2) is 9.97 Å². The number of rotatable bonds is 2. The van der Waals surface area contributed by atoms with Gasteiger partial charge in [-0.05, 0) is 36.0 Å². The molecule has 8 heteroatoms. The van der Waals surface area contributed by atoms with E-state index in [0.717, 1.165) is 26.2 Å². The molecule has 23 heavy (non-hydrogen) atoms. The lowest BCUT2D eigenvalue weighted by molar-refractivity contribution is 0.936. The number of pyridine rings is 1. The van der Waals surface area contributed by atoms with Crippen LogP contribution in [0.2, 0.25) is 0 Å². The number of thiazole rings is 1. The second-order valence-corrected chi connectivity index (χ2v) is 6.82. The number of nitrogens with zero attached hydrogens (tertiary/aromatic N) is 6. The molecular formula is C15H8N6S2. The summed E-state index contributed by atoms with van der Waals surface area (Å²) in [6.45, 7) is 0. The zero-order valence-electron chi connectivity index (χ0n) is 11.6. The summed E-state index contributed by atoms with van der Waals surface area (Å²) in [5.41, 5.74) is 2.53. The van der Waals surface area contributed by atoms with Crippen LogP contribution in [0.4, 0.5) is 0 Å². The topological polar surface area (TPSA) is 68.9 Å². The molecule has 6 nitrogen and oxygen atoms in total. The molecule has 0 fully saturated rings. The van der Waals surface area contributed by atoms with Gasteiger partial charge >= 0.3 is 0 Å². The van der Waals surface area contributed by atoms with E-state index in [9.17, 15) is 0 Å². The van der Waals surface area contributed by atoms with E-state index in [2.05, 4.69) is 41.7 Å². The molecular weight excluding hydrogens is 328 g/mol. The lowest BCUT2D eigenvalue weighted by Crippen LogP contribution is -1.90. The summed E-state index contributed by atoms with van der Waals surface area (Å²) in [6.07, 6.45) is 3.31. The van der Waals surface area contributed by atoms with Crippen LogP contribution in [0.1, 0.15) is 0 Å². The molecule has 0 amide bonds. The molecule has 0 saturated carbocycles. The van der Waals surface area contributed by atoms with Crippen LogP contribution < -0.4 is 0 Å². The van der Waals surface area contributed by atoms with E-state index in [0.29, 0.717) is 5.65 Å². The van der Waals surface area contributed by atoms with Crippen molar-refractivity contribution >= 4 is 49.4 Å². The first-order valence-corrected chi connectivity index (χ1v) is 8.50. The molecule has 0 aliphatic heterocycles. The molecule has 0 saturated heterocycles. The van der Waals surface area contributed by atoms with Gasteiger partial charge in [0.05, 0.1) is 10.2 Å². The van der Waals surface area contributed by atoms with Crippen molar-refractivity contribution in [1.29, 1.82) is 0 Å². The van der Waals surface area contributed by atoms with E-state index in [4.69, 9.17) is 0 Å². The minimum Gasteiger partial charge on any atom is -0.260 e. The largest absolute Gasteiger partial charge is 0.260 e. The second-order valence-electron chi connectivity index (χ2n) is 4.82. The van der Waals surface area contributed by atoms with Gasteiger partial charge in [-0.2, -0.15) is 0 Å². The summed E-state index contributed by atoms with van der Waals surface area (Å²) < 4.78 is 3.25. The highest BCUT2D eigenvalue weighted by molar-refractivity contribution is 7.99. The van der Waals surface area contributed by atoms with Crippen molar-refractivity contribution in [2.45, 2.75) is 10.2 Å². The summed E-state index contributed by atoms with van der Waals surface area (Å²) in [7, 11) is 0.